The first kappa shape index (κ1) is 18.7. The molecule has 132 valence electrons. The highest BCUT2D eigenvalue weighted by molar-refractivity contribution is 7.11. The van der Waals surface area contributed by atoms with E-state index in [2.05, 4.69) is 51.6 Å². The van der Waals surface area contributed by atoms with Gasteiger partial charge in [-0.2, -0.15) is 0 Å². The monoisotopic (exact) mass is 349 g/mol. The van der Waals surface area contributed by atoms with Crippen molar-refractivity contribution in [1.29, 1.82) is 0 Å². The third-order valence-electron chi connectivity index (χ3n) is 4.15. The molecule has 6 heteroatoms. The molecule has 5 nitrogen and oxygen atoms in total. The van der Waals surface area contributed by atoms with Crippen molar-refractivity contribution in [2.24, 2.45) is 5.73 Å². The van der Waals surface area contributed by atoms with Crippen molar-refractivity contribution in [3.63, 3.8) is 0 Å². The average Bonchev–Trinajstić information content (AvgIpc) is 3.01. The van der Waals surface area contributed by atoms with E-state index in [9.17, 15) is 4.79 Å². The topological polar surface area (TPSA) is 72.4 Å². The molecule has 24 heavy (non-hydrogen) atoms. The number of primary amides is 1. The molecule has 1 atom stereocenters. The SMILES string of the molecule is Cc1nc([C@H](C)N(C)Cc2cc(C(N)=O)oc2C(C)(C)C)c(C)s1. The van der Waals surface area contributed by atoms with E-state index < -0.39 is 5.91 Å². The number of hydrogen-bond acceptors (Lipinski definition) is 5. The Morgan fingerprint density at radius 3 is 2.50 bits per heavy atom. The molecule has 2 N–H and O–H groups in total. The number of carbonyl (C=O) groups is 1. The van der Waals surface area contributed by atoms with Gasteiger partial charge in [-0.05, 0) is 33.9 Å². The maximum Gasteiger partial charge on any atom is 0.284 e. The van der Waals surface area contributed by atoms with Crippen LogP contribution in [0.2, 0.25) is 0 Å². The second-order valence-corrected chi connectivity index (χ2v) is 8.75. The zero-order chi connectivity index (χ0) is 18.2. The van der Waals surface area contributed by atoms with Gasteiger partial charge in [0.05, 0.1) is 16.7 Å². The molecule has 0 aliphatic carbocycles. The Hall–Kier alpha value is -1.66. The van der Waals surface area contributed by atoms with Gasteiger partial charge in [-0.25, -0.2) is 4.98 Å². The second kappa shape index (κ2) is 6.69. The number of thiazole rings is 1. The Morgan fingerprint density at radius 2 is 2.04 bits per heavy atom. The van der Waals surface area contributed by atoms with E-state index in [0.29, 0.717) is 6.54 Å². The molecule has 1 amide bonds. The number of nitrogens with two attached hydrogens (primary N) is 1. The van der Waals surface area contributed by atoms with Crippen molar-refractivity contribution in [1.82, 2.24) is 9.88 Å². The van der Waals surface area contributed by atoms with Crippen LogP contribution in [0.15, 0.2) is 10.5 Å². The van der Waals surface area contributed by atoms with Crippen molar-refractivity contribution >= 4 is 17.2 Å². The molecule has 2 heterocycles. The Balaban J connectivity index is 2.29. The first-order chi connectivity index (χ1) is 11.0. The van der Waals surface area contributed by atoms with E-state index >= 15 is 0 Å². The number of aryl methyl sites for hydroxylation is 2. The van der Waals surface area contributed by atoms with Crippen molar-refractivity contribution in [2.45, 2.75) is 59.5 Å². The maximum atomic E-state index is 11.5. The highest BCUT2D eigenvalue weighted by Gasteiger charge is 2.27. The van der Waals surface area contributed by atoms with Crippen LogP contribution in [-0.2, 0) is 12.0 Å². The third kappa shape index (κ3) is 3.87. The normalized spacial score (nSPS) is 13.5. The van der Waals surface area contributed by atoms with Gasteiger partial charge in [0, 0.05) is 22.4 Å². The zero-order valence-corrected chi connectivity index (χ0v) is 16.4. The number of carbonyl (C=O) groups excluding carboxylic acids is 1. The molecule has 0 radical (unpaired) electrons. The fraction of sp³-hybridized carbons (Fsp3) is 0.556. The molecule has 2 aromatic rings. The Labute approximate surface area is 147 Å². The van der Waals surface area contributed by atoms with Crippen LogP contribution in [0.25, 0.3) is 0 Å². The van der Waals surface area contributed by atoms with Gasteiger partial charge in [0.2, 0.25) is 0 Å². The molecule has 2 rings (SSSR count). The minimum Gasteiger partial charge on any atom is -0.455 e. The van der Waals surface area contributed by atoms with Crippen molar-refractivity contribution in [3.05, 3.63) is 38.7 Å². The van der Waals surface area contributed by atoms with Gasteiger partial charge >= 0.3 is 0 Å². The molecule has 0 saturated heterocycles. The quantitative estimate of drug-likeness (QED) is 0.887. The van der Waals surface area contributed by atoms with Gasteiger partial charge in [-0.1, -0.05) is 20.8 Å². The summed E-state index contributed by atoms with van der Waals surface area (Å²) < 4.78 is 5.74. The van der Waals surface area contributed by atoms with Crippen LogP contribution >= 0.6 is 11.3 Å². The van der Waals surface area contributed by atoms with Gasteiger partial charge in [0.1, 0.15) is 5.76 Å². The van der Waals surface area contributed by atoms with Gasteiger partial charge in [0.15, 0.2) is 5.76 Å². The number of nitrogens with zero attached hydrogens (tertiary/aromatic N) is 2. The van der Waals surface area contributed by atoms with Crippen molar-refractivity contribution < 1.29 is 9.21 Å². The molecular weight excluding hydrogens is 322 g/mol. The number of rotatable bonds is 5. The van der Waals surface area contributed by atoms with Crippen LogP contribution in [-0.4, -0.2) is 22.8 Å². The van der Waals surface area contributed by atoms with E-state index in [1.165, 1.54) is 4.88 Å². The molecule has 0 aliphatic rings. The number of furan rings is 1. The lowest BCUT2D eigenvalue weighted by Gasteiger charge is -2.25. The Kier molecular flexibility index (Phi) is 5.20. The summed E-state index contributed by atoms with van der Waals surface area (Å²) in [4.78, 5) is 19.6. The second-order valence-electron chi connectivity index (χ2n) is 7.34. The number of hydrogen-bond donors (Lipinski definition) is 1. The predicted molar refractivity (Wildman–Crippen MR) is 97.4 cm³/mol. The van der Waals surface area contributed by atoms with E-state index in [-0.39, 0.29) is 17.2 Å². The average molecular weight is 350 g/mol. The summed E-state index contributed by atoms with van der Waals surface area (Å²) in [5, 5.41) is 1.08. The lowest BCUT2D eigenvalue weighted by molar-refractivity contribution is 0.0970. The molecule has 0 saturated carbocycles. The van der Waals surface area contributed by atoms with Crippen molar-refractivity contribution in [3.8, 4) is 0 Å². The number of aromatic nitrogens is 1. The summed E-state index contributed by atoms with van der Waals surface area (Å²) in [5.41, 5.74) is 7.30. The minimum atomic E-state index is -0.534. The molecule has 0 aromatic carbocycles. The summed E-state index contributed by atoms with van der Waals surface area (Å²) >= 11 is 1.72. The summed E-state index contributed by atoms with van der Waals surface area (Å²) in [6.45, 7) is 13.1. The lowest BCUT2D eigenvalue weighted by Crippen LogP contribution is -2.24. The predicted octanol–water partition coefficient (Wildman–Crippen LogP) is 3.94. The van der Waals surface area contributed by atoms with Crippen molar-refractivity contribution in [2.75, 3.05) is 7.05 Å². The highest BCUT2D eigenvalue weighted by atomic mass is 32.1. The van der Waals surface area contributed by atoms with Gasteiger partial charge in [0.25, 0.3) is 5.91 Å². The molecule has 0 spiro atoms. The van der Waals surface area contributed by atoms with E-state index in [1.807, 2.05) is 6.92 Å². The van der Waals surface area contributed by atoms with Crippen LogP contribution < -0.4 is 5.73 Å². The van der Waals surface area contributed by atoms with E-state index in [0.717, 1.165) is 22.0 Å². The van der Waals surface area contributed by atoms with Gasteiger partial charge < -0.3 is 10.2 Å². The van der Waals surface area contributed by atoms with E-state index in [4.69, 9.17) is 10.2 Å². The summed E-state index contributed by atoms with van der Waals surface area (Å²) in [6.07, 6.45) is 0. The highest BCUT2D eigenvalue weighted by Crippen LogP contribution is 2.32. The first-order valence-corrected chi connectivity index (χ1v) is 8.89. The minimum absolute atomic E-state index is 0.176. The molecular formula is C18H27N3O2S. The summed E-state index contributed by atoms with van der Waals surface area (Å²) in [5.74, 6) is 0.492. The summed E-state index contributed by atoms with van der Waals surface area (Å²) in [6, 6.07) is 1.94. The fourth-order valence-electron chi connectivity index (χ4n) is 2.85. The summed E-state index contributed by atoms with van der Waals surface area (Å²) in [7, 11) is 2.06. The standard InChI is InChI=1S/C18H27N3O2S/c1-10(15-11(2)24-12(3)20-15)21(7)9-13-8-14(17(19)22)23-16(13)18(4,5)6/h8,10H,9H2,1-7H3,(H2,19,22)/t10-/m0/s1. The largest absolute Gasteiger partial charge is 0.455 e. The Morgan fingerprint density at radius 1 is 1.42 bits per heavy atom. The smallest absolute Gasteiger partial charge is 0.284 e. The van der Waals surface area contributed by atoms with Gasteiger partial charge in [-0.15, -0.1) is 11.3 Å². The molecule has 0 bridgehead atoms. The van der Waals surface area contributed by atoms with Crippen LogP contribution in [0.1, 0.15) is 71.2 Å². The zero-order valence-electron chi connectivity index (χ0n) is 15.6. The molecule has 0 unspecified atom stereocenters. The molecule has 0 aliphatic heterocycles. The van der Waals surface area contributed by atoms with Crippen LogP contribution in [0, 0.1) is 13.8 Å². The van der Waals surface area contributed by atoms with Crippen LogP contribution in [0.4, 0.5) is 0 Å². The third-order valence-corrected chi connectivity index (χ3v) is 5.05. The first-order valence-electron chi connectivity index (χ1n) is 8.08. The molecule has 0 fully saturated rings. The van der Waals surface area contributed by atoms with Crippen LogP contribution in [0.3, 0.4) is 0 Å². The fourth-order valence-corrected chi connectivity index (χ4v) is 3.76. The lowest BCUT2D eigenvalue weighted by atomic mass is 9.90. The maximum absolute atomic E-state index is 11.5. The number of amides is 1. The van der Waals surface area contributed by atoms with E-state index in [1.54, 1.807) is 17.4 Å². The Bertz CT molecular complexity index is 740. The molecule has 2 aromatic heterocycles. The van der Waals surface area contributed by atoms with Gasteiger partial charge in [-0.3, -0.25) is 9.69 Å². The van der Waals surface area contributed by atoms with Crippen LogP contribution in [0.5, 0.6) is 0 Å².